The Balaban J connectivity index is 4.20. The van der Waals surface area contributed by atoms with Crippen LogP contribution >= 0.6 is 0 Å². The van der Waals surface area contributed by atoms with Gasteiger partial charge in [0.15, 0.2) is 23.8 Å². The number of carbonyl (C=O) groups is 4. The van der Waals surface area contributed by atoms with Crippen molar-refractivity contribution in [2.75, 3.05) is 26.4 Å². The number of hydrogen-bond acceptors (Lipinski definition) is 8. The average molecular weight is 443 g/mol. The Labute approximate surface area is 185 Å². The molecule has 0 bridgehead atoms. The summed E-state index contributed by atoms with van der Waals surface area (Å²) in [4.78, 5) is 48.0. The highest BCUT2D eigenvalue weighted by Crippen LogP contribution is 2.09. The lowest BCUT2D eigenvalue weighted by molar-refractivity contribution is -0.156. The van der Waals surface area contributed by atoms with Crippen LogP contribution in [0.2, 0.25) is 0 Å². The van der Waals surface area contributed by atoms with Crippen LogP contribution in [0.15, 0.2) is 12.2 Å². The van der Waals surface area contributed by atoms with E-state index in [4.69, 9.17) is 18.9 Å². The van der Waals surface area contributed by atoms with Crippen molar-refractivity contribution in [1.82, 2.24) is 0 Å². The number of hydrogen-bond donors (Lipinski definition) is 0. The Hall–Kier alpha value is -2.06. The van der Waals surface area contributed by atoms with Crippen molar-refractivity contribution in [3.8, 4) is 0 Å². The van der Waals surface area contributed by atoms with Crippen molar-refractivity contribution in [2.24, 2.45) is 0 Å². The van der Waals surface area contributed by atoms with Crippen LogP contribution in [-0.2, 0) is 38.1 Å². The molecule has 2 atom stereocenters. The van der Waals surface area contributed by atoms with Gasteiger partial charge in [-0.3, -0.25) is 14.4 Å². The van der Waals surface area contributed by atoms with Crippen molar-refractivity contribution in [3.05, 3.63) is 12.2 Å². The van der Waals surface area contributed by atoms with Crippen molar-refractivity contribution < 1.29 is 38.1 Å². The number of ether oxygens (including phenoxy) is 4. The molecule has 0 spiro atoms. The molecule has 0 radical (unpaired) electrons. The molecule has 0 aliphatic carbocycles. The van der Waals surface area contributed by atoms with Gasteiger partial charge in [0.25, 0.3) is 0 Å². The molecule has 0 aliphatic heterocycles. The molecule has 0 saturated carbocycles. The number of carbonyl (C=O) groups excluding carboxylic acids is 4. The van der Waals surface area contributed by atoms with Crippen LogP contribution in [0.1, 0.15) is 72.6 Å². The minimum absolute atomic E-state index is 0.133. The third kappa shape index (κ3) is 14.6. The maximum absolute atomic E-state index is 12.1. The first-order chi connectivity index (χ1) is 14.7. The molecule has 0 rings (SSSR count). The molecule has 178 valence electrons. The maximum atomic E-state index is 12.1. The SMILES string of the molecule is C=C(CC(=O)OC(C)C(=O)CCOCCCC)C(=O)OC(C)C(=O)CCOCCCC. The van der Waals surface area contributed by atoms with Crippen LogP contribution in [0.4, 0.5) is 0 Å². The van der Waals surface area contributed by atoms with Crippen molar-refractivity contribution in [2.45, 2.75) is 84.8 Å². The minimum atomic E-state index is -0.969. The molecule has 0 aliphatic rings. The second kappa shape index (κ2) is 17.6. The summed E-state index contributed by atoms with van der Waals surface area (Å²) in [5.41, 5.74) is -0.147. The Morgan fingerprint density at radius 3 is 1.65 bits per heavy atom. The largest absolute Gasteiger partial charge is 0.454 e. The Morgan fingerprint density at radius 2 is 1.19 bits per heavy atom. The molecular weight excluding hydrogens is 404 g/mol. The van der Waals surface area contributed by atoms with Gasteiger partial charge in [0.2, 0.25) is 0 Å². The predicted octanol–water partition coefficient (Wildman–Crippen LogP) is 3.35. The normalized spacial score (nSPS) is 12.6. The zero-order chi connectivity index (χ0) is 23.6. The van der Waals surface area contributed by atoms with E-state index in [0.717, 1.165) is 25.7 Å². The zero-order valence-electron chi connectivity index (χ0n) is 19.4. The summed E-state index contributed by atoms with van der Waals surface area (Å²) in [6.07, 6.45) is 1.80. The predicted molar refractivity (Wildman–Crippen MR) is 116 cm³/mol. The van der Waals surface area contributed by atoms with Gasteiger partial charge in [0.1, 0.15) is 0 Å². The van der Waals surface area contributed by atoms with Gasteiger partial charge in [-0.25, -0.2) is 4.79 Å². The second-order valence-corrected chi connectivity index (χ2v) is 7.32. The smallest absolute Gasteiger partial charge is 0.334 e. The molecule has 8 nitrogen and oxygen atoms in total. The van der Waals surface area contributed by atoms with E-state index in [0.29, 0.717) is 13.2 Å². The molecule has 31 heavy (non-hydrogen) atoms. The van der Waals surface area contributed by atoms with Gasteiger partial charge in [-0.1, -0.05) is 33.3 Å². The molecule has 0 aromatic heterocycles. The van der Waals surface area contributed by atoms with Gasteiger partial charge in [-0.05, 0) is 26.7 Å². The zero-order valence-corrected chi connectivity index (χ0v) is 19.4. The molecule has 0 saturated heterocycles. The van der Waals surface area contributed by atoms with Crippen LogP contribution in [0.5, 0.6) is 0 Å². The molecule has 8 heteroatoms. The molecule has 0 amide bonds. The van der Waals surface area contributed by atoms with E-state index in [1.54, 1.807) is 0 Å². The minimum Gasteiger partial charge on any atom is -0.454 e. The van der Waals surface area contributed by atoms with Gasteiger partial charge in [0.05, 0.1) is 19.6 Å². The molecule has 0 aromatic rings. The number of Topliss-reactive ketones (excluding diaryl/α,β-unsaturated/α-hetero) is 2. The summed E-state index contributed by atoms with van der Waals surface area (Å²) in [5, 5.41) is 0. The van der Waals surface area contributed by atoms with E-state index in [2.05, 4.69) is 6.58 Å². The Kier molecular flexibility index (Phi) is 16.4. The standard InChI is InChI=1S/C23H38O8/c1-6-8-12-28-14-10-20(24)18(4)30-22(26)16-17(3)23(27)31-19(5)21(25)11-15-29-13-9-7-2/h18-19H,3,6-16H2,1-2,4-5H3. The van der Waals surface area contributed by atoms with E-state index in [-0.39, 0.29) is 43.2 Å². The molecule has 0 N–H and O–H groups in total. The summed E-state index contributed by atoms with van der Waals surface area (Å²) in [6, 6.07) is 0. The summed E-state index contributed by atoms with van der Waals surface area (Å²) in [6.45, 7) is 12.3. The molecule has 0 aromatic carbocycles. The second-order valence-electron chi connectivity index (χ2n) is 7.32. The Morgan fingerprint density at radius 1 is 0.742 bits per heavy atom. The summed E-state index contributed by atoms with van der Waals surface area (Å²) < 4.78 is 20.8. The quantitative estimate of drug-likeness (QED) is 0.170. The fourth-order valence-electron chi connectivity index (χ4n) is 2.31. The number of rotatable bonds is 19. The van der Waals surface area contributed by atoms with E-state index in [1.165, 1.54) is 13.8 Å². The van der Waals surface area contributed by atoms with Crippen molar-refractivity contribution in [1.29, 1.82) is 0 Å². The highest BCUT2D eigenvalue weighted by Gasteiger charge is 2.23. The lowest BCUT2D eigenvalue weighted by atomic mass is 10.1. The topological polar surface area (TPSA) is 105 Å². The van der Waals surface area contributed by atoms with Gasteiger partial charge < -0.3 is 18.9 Å². The van der Waals surface area contributed by atoms with E-state index in [9.17, 15) is 19.2 Å². The number of esters is 2. The summed E-state index contributed by atoms with van der Waals surface area (Å²) >= 11 is 0. The van der Waals surface area contributed by atoms with Gasteiger partial charge in [-0.15, -0.1) is 0 Å². The van der Waals surface area contributed by atoms with Crippen LogP contribution in [-0.4, -0.2) is 62.1 Å². The van der Waals surface area contributed by atoms with Crippen LogP contribution in [0.3, 0.4) is 0 Å². The fourth-order valence-corrected chi connectivity index (χ4v) is 2.31. The average Bonchev–Trinajstić information content (AvgIpc) is 2.72. The van der Waals surface area contributed by atoms with Crippen molar-refractivity contribution >= 4 is 23.5 Å². The lowest BCUT2D eigenvalue weighted by Gasteiger charge is -2.15. The molecular formula is C23H38O8. The highest BCUT2D eigenvalue weighted by atomic mass is 16.6. The third-order valence-electron chi connectivity index (χ3n) is 4.42. The first-order valence-electron chi connectivity index (χ1n) is 11.0. The summed E-state index contributed by atoms with van der Waals surface area (Å²) in [5.74, 6) is -2.16. The molecule has 0 fully saturated rings. The first kappa shape index (κ1) is 28.9. The summed E-state index contributed by atoms with van der Waals surface area (Å²) in [7, 11) is 0. The third-order valence-corrected chi connectivity index (χ3v) is 4.42. The van der Waals surface area contributed by atoms with Crippen LogP contribution in [0, 0.1) is 0 Å². The Bertz CT molecular complexity index is 584. The lowest BCUT2D eigenvalue weighted by Crippen LogP contribution is -2.28. The van der Waals surface area contributed by atoms with E-state index in [1.807, 2.05) is 13.8 Å². The molecule has 2 unspecified atom stereocenters. The molecule has 0 heterocycles. The maximum Gasteiger partial charge on any atom is 0.334 e. The van der Waals surface area contributed by atoms with Crippen molar-refractivity contribution in [3.63, 3.8) is 0 Å². The fraction of sp³-hybridized carbons (Fsp3) is 0.739. The van der Waals surface area contributed by atoms with Crippen LogP contribution < -0.4 is 0 Å². The number of unbranched alkanes of at least 4 members (excludes halogenated alkanes) is 2. The first-order valence-corrected chi connectivity index (χ1v) is 11.0. The highest BCUT2D eigenvalue weighted by molar-refractivity contribution is 5.95. The monoisotopic (exact) mass is 442 g/mol. The van der Waals surface area contributed by atoms with Gasteiger partial charge in [-0.2, -0.15) is 0 Å². The van der Waals surface area contributed by atoms with Crippen LogP contribution in [0.25, 0.3) is 0 Å². The van der Waals surface area contributed by atoms with Gasteiger partial charge >= 0.3 is 11.9 Å². The number of ketones is 2. The van der Waals surface area contributed by atoms with E-state index < -0.39 is 30.6 Å². The van der Waals surface area contributed by atoms with Gasteiger partial charge in [0, 0.05) is 31.6 Å². The van der Waals surface area contributed by atoms with E-state index >= 15 is 0 Å².